The summed E-state index contributed by atoms with van der Waals surface area (Å²) in [6.07, 6.45) is 96.4. The molecule has 0 spiro atoms. The highest BCUT2D eigenvalue weighted by molar-refractivity contribution is 5.76. The van der Waals surface area contributed by atoms with Gasteiger partial charge in [0.1, 0.15) is 0 Å². The van der Waals surface area contributed by atoms with Gasteiger partial charge in [-0.15, -0.1) is 0 Å². The van der Waals surface area contributed by atoms with Gasteiger partial charge in [-0.25, -0.2) is 0 Å². The van der Waals surface area contributed by atoms with Crippen LogP contribution in [0, 0.1) is 0 Å². The van der Waals surface area contributed by atoms with Gasteiger partial charge in [0, 0.05) is 12.8 Å². The number of ether oxygens (including phenoxy) is 1. The van der Waals surface area contributed by atoms with Gasteiger partial charge in [-0.2, -0.15) is 0 Å². The highest BCUT2D eigenvalue weighted by Crippen LogP contribution is 2.19. The molecule has 2 atom stereocenters. The number of esters is 1. The molecular weight excluding hydrogens is 1030 g/mol. The monoisotopic (exact) mass is 1180 g/mol. The molecule has 494 valence electrons. The Kier molecular flexibility index (Phi) is 71.4. The molecule has 0 aliphatic carbocycles. The fourth-order valence-electron chi connectivity index (χ4n) is 11.8. The van der Waals surface area contributed by atoms with Gasteiger partial charge in [0.2, 0.25) is 5.91 Å². The molecule has 0 aliphatic rings. The minimum atomic E-state index is -0.847. The molecule has 0 saturated heterocycles. The number of hydrogen-bond acceptors (Lipinski definition) is 5. The van der Waals surface area contributed by atoms with E-state index in [1.165, 1.54) is 334 Å². The lowest BCUT2D eigenvalue weighted by molar-refractivity contribution is -0.143. The predicted octanol–water partition coefficient (Wildman–Crippen LogP) is 24.8. The predicted molar refractivity (Wildman–Crippen MR) is 370 cm³/mol. The van der Waals surface area contributed by atoms with Crippen molar-refractivity contribution in [1.82, 2.24) is 5.32 Å². The maximum absolute atomic E-state index is 12.5. The van der Waals surface area contributed by atoms with Crippen LogP contribution in [-0.4, -0.2) is 47.4 Å². The van der Waals surface area contributed by atoms with E-state index in [0.717, 1.165) is 51.4 Å². The lowest BCUT2D eigenvalue weighted by Crippen LogP contribution is -2.45. The molecule has 0 aromatic rings. The number of carbonyl (C=O) groups excluding carboxylic acids is 2. The molecule has 0 rings (SSSR count). The zero-order valence-electron chi connectivity index (χ0n) is 56.6. The number of allylic oxidation sites excluding steroid dienone is 7. The fourth-order valence-corrected chi connectivity index (χ4v) is 11.8. The van der Waals surface area contributed by atoms with Gasteiger partial charge in [-0.1, -0.05) is 358 Å². The second kappa shape index (κ2) is 73.3. The zero-order chi connectivity index (χ0) is 60.6. The lowest BCUT2D eigenvalue weighted by Gasteiger charge is -2.20. The summed E-state index contributed by atoms with van der Waals surface area (Å²) in [5.41, 5.74) is 0. The molecule has 0 aromatic carbocycles. The molecule has 3 N–H and O–H groups in total. The van der Waals surface area contributed by atoms with E-state index in [9.17, 15) is 19.8 Å². The third kappa shape index (κ3) is 68.9. The molecule has 0 aliphatic heterocycles. The molecule has 0 bridgehead atoms. The summed E-state index contributed by atoms with van der Waals surface area (Å²) in [5.74, 6) is -0.0542. The van der Waals surface area contributed by atoms with Crippen LogP contribution in [0.3, 0.4) is 0 Å². The molecule has 6 nitrogen and oxygen atoms in total. The molecule has 84 heavy (non-hydrogen) atoms. The molecule has 0 heterocycles. The van der Waals surface area contributed by atoms with Crippen molar-refractivity contribution >= 4 is 11.9 Å². The van der Waals surface area contributed by atoms with E-state index >= 15 is 0 Å². The molecule has 0 saturated carbocycles. The van der Waals surface area contributed by atoms with Crippen molar-refractivity contribution in [3.63, 3.8) is 0 Å². The summed E-state index contributed by atoms with van der Waals surface area (Å²) in [4.78, 5) is 24.6. The smallest absolute Gasteiger partial charge is 0.305 e. The van der Waals surface area contributed by atoms with Crippen LogP contribution in [-0.2, 0) is 14.3 Å². The first-order chi connectivity index (χ1) is 41.5. The summed E-state index contributed by atoms with van der Waals surface area (Å²) >= 11 is 0. The number of rotatable bonds is 71. The Bertz CT molecular complexity index is 1400. The second-order valence-corrected chi connectivity index (χ2v) is 26.0. The van der Waals surface area contributed by atoms with Crippen LogP contribution in [0.15, 0.2) is 48.6 Å². The highest BCUT2D eigenvalue weighted by atomic mass is 16.5. The summed E-state index contributed by atoms with van der Waals surface area (Å²) in [6.45, 7) is 4.93. The number of nitrogens with one attached hydrogen (secondary N) is 1. The second-order valence-electron chi connectivity index (χ2n) is 26.0. The van der Waals surface area contributed by atoms with Crippen LogP contribution in [0.25, 0.3) is 0 Å². The van der Waals surface area contributed by atoms with E-state index < -0.39 is 12.1 Å². The van der Waals surface area contributed by atoms with Gasteiger partial charge in [0.25, 0.3) is 0 Å². The van der Waals surface area contributed by atoms with E-state index in [-0.39, 0.29) is 18.5 Å². The quantitative estimate of drug-likeness (QED) is 0.0320. The number of hydrogen-bond donors (Lipinski definition) is 3. The number of aliphatic hydroxyl groups is 2. The molecule has 0 aromatic heterocycles. The minimum Gasteiger partial charge on any atom is -0.466 e. The first kappa shape index (κ1) is 81.8. The van der Waals surface area contributed by atoms with E-state index in [2.05, 4.69) is 55.6 Å². The van der Waals surface area contributed by atoms with Crippen molar-refractivity contribution in [2.24, 2.45) is 0 Å². The van der Waals surface area contributed by atoms with Crippen LogP contribution in [0.4, 0.5) is 0 Å². The number of carbonyl (C=O) groups is 2. The van der Waals surface area contributed by atoms with Crippen molar-refractivity contribution in [3.05, 3.63) is 48.6 Å². The summed E-state index contributed by atoms with van der Waals surface area (Å²) < 4.78 is 5.51. The van der Waals surface area contributed by atoms with Crippen LogP contribution >= 0.6 is 0 Å². The molecule has 6 heteroatoms. The summed E-state index contributed by atoms with van der Waals surface area (Å²) in [5, 5.41) is 23.2. The Morgan fingerprint density at radius 3 is 0.917 bits per heavy atom. The minimum absolute atomic E-state index is 0.0117. The van der Waals surface area contributed by atoms with Gasteiger partial charge in [-0.3, -0.25) is 9.59 Å². The SMILES string of the molecule is CCCCCCCC/C=C\CCCCCCCCCCCC(=O)OCCCCCCCCCCC/C=C\C/C=C\CCCCCCCCCCCCCCCC(=O)NC(CO)C(O)/C=C/CCCCCCCCCCCCCCCCCCC. The number of amides is 1. The van der Waals surface area contributed by atoms with Gasteiger partial charge < -0.3 is 20.3 Å². The topological polar surface area (TPSA) is 95.9 Å². The normalized spacial score (nSPS) is 12.8. The van der Waals surface area contributed by atoms with Crippen LogP contribution in [0.2, 0.25) is 0 Å². The van der Waals surface area contributed by atoms with Gasteiger partial charge in [0.15, 0.2) is 0 Å². The van der Waals surface area contributed by atoms with E-state index in [1.54, 1.807) is 6.08 Å². The van der Waals surface area contributed by atoms with Crippen LogP contribution in [0.1, 0.15) is 412 Å². The Morgan fingerprint density at radius 1 is 0.333 bits per heavy atom. The zero-order valence-corrected chi connectivity index (χ0v) is 56.6. The fraction of sp³-hybridized carbons (Fsp3) is 0.872. The Morgan fingerprint density at radius 2 is 0.595 bits per heavy atom. The number of unbranched alkanes of at least 4 members (excludes halogenated alkanes) is 54. The molecule has 0 radical (unpaired) electrons. The number of aliphatic hydroxyl groups excluding tert-OH is 2. The van der Waals surface area contributed by atoms with Gasteiger partial charge in [0.05, 0.1) is 25.4 Å². The summed E-state index contributed by atoms with van der Waals surface area (Å²) in [6, 6.07) is -0.630. The maximum atomic E-state index is 12.5. The highest BCUT2D eigenvalue weighted by Gasteiger charge is 2.18. The van der Waals surface area contributed by atoms with Crippen molar-refractivity contribution in [2.75, 3.05) is 13.2 Å². The average Bonchev–Trinajstić information content (AvgIpc) is 3.51. The Balaban J connectivity index is 3.41. The molecule has 2 unspecified atom stereocenters. The van der Waals surface area contributed by atoms with Gasteiger partial charge >= 0.3 is 5.97 Å². The van der Waals surface area contributed by atoms with Crippen molar-refractivity contribution < 1.29 is 24.5 Å². The first-order valence-electron chi connectivity index (χ1n) is 37.9. The maximum Gasteiger partial charge on any atom is 0.305 e. The third-order valence-corrected chi connectivity index (χ3v) is 17.6. The summed E-state index contributed by atoms with van der Waals surface area (Å²) in [7, 11) is 0. The third-order valence-electron chi connectivity index (χ3n) is 17.6. The Labute approximate surface area is 525 Å². The van der Waals surface area contributed by atoms with E-state index in [0.29, 0.717) is 19.4 Å². The van der Waals surface area contributed by atoms with E-state index in [1.807, 2.05) is 6.08 Å². The molecule has 0 fully saturated rings. The van der Waals surface area contributed by atoms with Gasteiger partial charge in [-0.05, 0) is 89.9 Å². The van der Waals surface area contributed by atoms with Crippen molar-refractivity contribution in [2.45, 2.75) is 424 Å². The lowest BCUT2D eigenvalue weighted by atomic mass is 10.0. The average molecular weight is 1180 g/mol. The Hall–Kier alpha value is -2.18. The molecule has 1 amide bonds. The van der Waals surface area contributed by atoms with Crippen LogP contribution in [0.5, 0.6) is 0 Å². The van der Waals surface area contributed by atoms with Crippen molar-refractivity contribution in [3.8, 4) is 0 Å². The standard InChI is InChI=1S/C78H147NO5/c1-3-5-7-9-11-13-15-17-19-21-34-38-42-46-50-54-58-62-66-70-76(81)75(74-80)79-77(82)71-67-63-59-55-51-47-43-39-36-32-30-28-26-24-23-25-27-29-31-33-37-41-45-49-53-57-61-65-69-73-84-78(83)72-68-64-60-56-52-48-44-40-35-22-20-18-16-14-12-10-8-6-4-2/h18,20,23,25,29,31,66,70,75-76,80-81H,3-17,19,21-22,24,26-28,30,32-65,67-69,71-74H2,1-2H3,(H,79,82)/b20-18-,25-23-,31-29-,70-66+. The molecular formula is C78H147NO5. The van der Waals surface area contributed by atoms with Crippen LogP contribution < -0.4 is 5.32 Å². The largest absolute Gasteiger partial charge is 0.466 e. The first-order valence-corrected chi connectivity index (χ1v) is 37.9. The van der Waals surface area contributed by atoms with E-state index in [4.69, 9.17) is 4.74 Å². The van der Waals surface area contributed by atoms with Crippen molar-refractivity contribution in [1.29, 1.82) is 0 Å².